The second-order valence-electron chi connectivity index (χ2n) is 5.14. The molecule has 21 heavy (non-hydrogen) atoms. The van der Waals surface area contributed by atoms with Gasteiger partial charge in [0.25, 0.3) is 0 Å². The number of benzene rings is 1. The van der Waals surface area contributed by atoms with Crippen LogP contribution in [0.4, 0.5) is 13.2 Å². The van der Waals surface area contributed by atoms with Gasteiger partial charge in [-0.25, -0.2) is 4.79 Å². The van der Waals surface area contributed by atoms with Crippen molar-refractivity contribution >= 4 is 5.97 Å². The molecule has 0 N–H and O–H groups in total. The molecule has 0 saturated heterocycles. The highest BCUT2D eigenvalue weighted by molar-refractivity contribution is 5.89. The third-order valence-electron chi connectivity index (χ3n) is 3.22. The normalized spacial score (nSPS) is 13.0. The lowest BCUT2D eigenvalue weighted by molar-refractivity contribution is -0.137. The Labute approximate surface area is 123 Å². The number of ether oxygens (including phenoxy) is 1. The van der Waals surface area contributed by atoms with E-state index in [2.05, 4.69) is 6.92 Å². The quantitative estimate of drug-likeness (QED) is 0.510. The summed E-state index contributed by atoms with van der Waals surface area (Å²) in [5.41, 5.74) is -0.630. The summed E-state index contributed by atoms with van der Waals surface area (Å²) >= 11 is 0. The number of hydrogen-bond acceptors (Lipinski definition) is 2. The zero-order chi connectivity index (χ0) is 15.9. The van der Waals surface area contributed by atoms with E-state index in [9.17, 15) is 18.0 Å². The van der Waals surface area contributed by atoms with E-state index in [0.29, 0.717) is 0 Å². The van der Waals surface area contributed by atoms with Gasteiger partial charge in [0.05, 0.1) is 17.2 Å². The highest BCUT2D eigenvalue weighted by Gasteiger charge is 2.30. The van der Waals surface area contributed by atoms with Crippen LogP contribution in [0.1, 0.15) is 61.9 Å². The second kappa shape index (κ2) is 8.05. The Morgan fingerprint density at radius 3 is 2.29 bits per heavy atom. The fourth-order valence-electron chi connectivity index (χ4n) is 1.96. The average Bonchev–Trinajstić information content (AvgIpc) is 2.43. The van der Waals surface area contributed by atoms with Crippen LogP contribution in [0.3, 0.4) is 0 Å². The molecule has 1 aromatic carbocycles. The van der Waals surface area contributed by atoms with E-state index in [0.717, 1.165) is 56.4 Å². The first-order chi connectivity index (χ1) is 9.84. The third-order valence-corrected chi connectivity index (χ3v) is 3.22. The summed E-state index contributed by atoms with van der Waals surface area (Å²) in [5, 5.41) is 0. The minimum atomic E-state index is -4.39. The topological polar surface area (TPSA) is 26.3 Å². The molecule has 1 rings (SSSR count). The van der Waals surface area contributed by atoms with Crippen molar-refractivity contribution in [3.8, 4) is 0 Å². The summed E-state index contributed by atoms with van der Waals surface area (Å²) in [7, 11) is 0. The fourth-order valence-corrected chi connectivity index (χ4v) is 1.96. The van der Waals surface area contributed by atoms with E-state index in [1.165, 1.54) is 0 Å². The Balaban J connectivity index is 2.48. The third kappa shape index (κ3) is 6.19. The minimum absolute atomic E-state index is 0.142. The van der Waals surface area contributed by atoms with E-state index < -0.39 is 17.7 Å². The van der Waals surface area contributed by atoms with Crippen LogP contribution in [-0.2, 0) is 10.9 Å². The molecule has 1 aromatic rings. The van der Waals surface area contributed by atoms with Crippen LogP contribution in [0.15, 0.2) is 24.3 Å². The molecule has 0 aliphatic rings. The van der Waals surface area contributed by atoms with Gasteiger partial charge < -0.3 is 4.74 Å². The Morgan fingerprint density at radius 2 is 1.76 bits per heavy atom. The first-order valence-corrected chi connectivity index (χ1v) is 7.22. The Bertz CT molecular complexity index is 438. The first kappa shape index (κ1) is 17.5. The molecule has 0 aliphatic carbocycles. The summed E-state index contributed by atoms with van der Waals surface area (Å²) in [5.74, 6) is -0.577. The largest absolute Gasteiger partial charge is 0.459 e. The molecular formula is C16H21F3O2. The SMILES string of the molecule is CCCCCCC(C)OC(=O)c1ccc(C(F)(F)F)cc1. The monoisotopic (exact) mass is 302 g/mol. The number of rotatable bonds is 7. The predicted molar refractivity (Wildman–Crippen MR) is 75.1 cm³/mol. The number of hydrogen-bond donors (Lipinski definition) is 0. The van der Waals surface area contributed by atoms with Crippen LogP contribution in [0, 0.1) is 0 Å². The van der Waals surface area contributed by atoms with Crippen LogP contribution < -0.4 is 0 Å². The molecule has 1 atom stereocenters. The van der Waals surface area contributed by atoms with Gasteiger partial charge in [-0.3, -0.25) is 0 Å². The summed E-state index contributed by atoms with van der Waals surface area (Å²) in [6.45, 7) is 3.92. The molecule has 1 unspecified atom stereocenters. The molecular weight excluding hydrogens is 281 g/mol. The Hall–Kier alpha value is -1.52. The van der Waals surface area contributed by atoms with E-state index in [-0.39, 0.29) is 11.7 Å². The van der Waals surface area contributed by atoms with Gasteiger partial charge >= 0.3 is 12.1 Å². The lowest BCUT2D eigenvalue weighted by atomic mass is 10.1. The number of halogens is 3. The number of alkyl halides is 3. The van der Waals surface area contributed by atoms with E-state index in [1.807, 2.05) is 0 Å². The molecule has 5 heteroatoms. The number of esters is 1. The minimum Gasteiger partial charge on any atom is -0.459 e. The van der Waals surface area contributed by atoms with Crippen molar-refractivity contribution in [2.45, 2.75) is 58.2 Å². The summed E-state index contributed by atoms with van der Waals surface area (Å²) in [6.07, 6.45) is 0.519. The lowest BCUT2D eigenvalue weighted by Crippen LogP contribution is -2.15. The van der Waals surface area contributed by atoms with Crippen molar-refractivity contribution in [2.75, 3.05) is 0 Å². The molecule has 0 aromatic heterocycles. The van der Waals surface area contributed by atoms with Gasteiger partial charge in [-0.2, -0.15) is 13.2 Å². The van der Waals surface area contributed by atoms with E-state index in [4.69, 9.17) is 4.74 Å². The first-order valence-electron chi connectivity index (χ1n) is 7.22. The second-order valence-corrected chi connectivity index (χ2v) is 5.14. The number of carbonyl (C=O) groups is 1. The molecule has 0 saturated carbocycles. The van der Waals surface area contributed by atoms with Gasteiger partial charge in [0.15, 0.2) is 0 Å². The van der Waals surface area contributed by atoms with E-state index in [1.54, 1.807) is 6.92 Å². The highest BCUT2D eigenvalue weighted by atomic mass is 19.4. The summed E-state index contributed by atoms with van der Waals surface area (Å²) < 4.78 is 42.5. The van der Waals surface area contributed by atoms with Crippen LogP contribution in [0.5, 0.6) is 0 Å². The number of carbonyl (C=O) groups excluding carboxylic acids is 1. The molecule has 0 amide bonds. The smallest absolute Gasteiger partial charge is 0.416 e. The Kier molecular flexibility index (Phi) is 6.72. The molecule has 0 bridgehead atoms. The average molecular weight is 302 g/mol. The van der Waals surface area contributed by atoms with Crippen molar-refractivity contribution in [2.24, 2.45) is 0 Å². The molecule has 0 spiro atoms. The van der Waals surface area contributed by atoms with Crippen LogP contribution >= 0.6 is 0 Å². The summed E-state index contributed by atoms with van der Waals surface area (Å²) in [6, 6.07) is 4.08. The molecule has 0 heterocycles. The van der Waals surface area contributed by atoms with Gasteiger partial charge in [0.1, 0.15) is 0 Å². The maximum Gasteiger partial charge on any atom is 0.416 e. The van der Waals surface area contributed by atoms with Gasteiger partial charge in [-0.1, -0.05) is 26.2 Å². The highest BCUT2D eigenvalue weighted by Crippen LogP contribution is 2.29. The van der Waals surface area contributed by atoms with Crippen molar-refractivity contribution in [1.29, 1.82) is 0 Å². The number of unbranched alkanes of at least 4 members (excludes halogenated alkanes) is 3. The maximum atomic E-state index is 12.4. The van der Waals surface area contributed by atoms with Gasteiger partial charge in [0.2, 0.25) is 0 Å². The van der Waals surface area contributed by atoms with Gasteiger partial charge in [-0.05, 0) is 44.0 Å². The summed E-state index contributed by atoms with van der Waals surface area (Å²) in [4.78, 5) is 11.8. The van der Waals surface area contributed by atoms with Crippen molar-refractivity contribution in [1.82, 2.24) is 0 Å². The van der Waals surface area contributed by atoms with Crippen molar-refractivity contribution in [3.05, 3.63) is 35.4 Å². The molecule has 2 nitrogen and oxygen atoms in total. The maximum absolute atomic E-state index is 12.4. The molecule has 118 valence electrons. The fraction of sp³-hybridized carbons (Fsp3) is 0.562. The van der Waals surface area contributed by atoms with E-state index >= 15 is 0 Å². The Morgan fingerprint density at radius 1 is 1.14 bits per heavy atom. The van der Waals surface area contributed by atoms with Crippen LogP contribution in [0.2, 0.25) is 0 Å². The zero-order valence-corrected chi connectivity index (χ0v) is 12.4. The van der Waals surface area contributed by atoms with Crippen molar-refractivity contribution < 1.29 is 22.7 Å². The lowest BCUT2D eigenvalue weighted by Gasteiger charge is -2.13. The van der Waals surface area contributed by atoms with Gasteiger partial charge in [0, 0.05) is 0 Å². The van der Waals surface area contributed by atoms with Crippen LogP contribution in [-0.4, -0.2) is 12.1 Å². The molecule has 0 radical (unpaired) electrons. The molecule has 0 aliphatic heterocycles. The van der Waals surface area contributed by atoms with Gasteiger partial charge in [-0.15, -0.1) is 0 Å². The molecule has 0 fully saturated rings. The van der Waals surface area contributed by atoms with Crippen LogP contribution in [0.25, 0.3) is 0 Å². The zero-order valence-electron chi connectivity index (χ0n) is 12.4. The standard InChI is InChI=1S/C16H21F3O2/c1-3-4-5-6-7-12(2)21-15(20)13-8-10-14(11-9-13)16(17,18)19/h8-12H,3-7H2,1-2H3. The van der Waals surface area contributed by atoms with Crippen molar-refractivity contribution in [3.63, 3.8) is 0 Å². The predicted octanol–water partition coefficient (Wildman–Crippen LogP) is 5.22.